The lowest BCUT2D eigenvalue weighted by atomic mass is 10.1. The van der Waals surface area contributed by atoms with Crippen molar-refractivity contribution in [3.63, 3.8) is 0 Å². The van der Waals surface area contributed by atoms with E-state index in [1.54, 1.807) is 36.5 Å². The SMILES string of the molecule is CN(C)c1cc[n+](/C=C/C(=O)c2ccc(Cl)cc2)cc1.[O-][Cl+3]([O-])([O-])[O-]. The molecule has 0 amide bonds. The fraction of sp³-hybridized carbons (Fsp3) is 0.125. The highest BCUT2D eigenvalue weighted by molar-refractivity contribution is 6.30. The minimum Gasteiger partial charge on any atom is -0.377 e. The first-order valence-electron chi connectivity index (χ1n) is 6.84. The van der Waals surface area contributed by atoms with Gasteiger partial charge in [-0.2, -0.15) is 4.57 Å². The monoisotopic (exact) mass is 386 g/mol. The van der Waals surface area contributed by atoms with E-state index in [2.05, 4.69) is 0 Å². The Bertz CT molecular complexity index is 705. The number of hydrogen-bond donors (Lipinski definition) is 0. The average molecular weight is 387 g/mol. The molecule has 0 aliphatic carbocycles. The second-order valence-electron chi connectivity index (χ2n) is 4.96. The van der Waals surface area contributed by atoms with Gasteiger partial charge in [0.25, 0.3) is 0 Å². The second-order valence-corrected chi connectivity index (χ2v) is 6.16. The molecular formula is C16H16Cl2N2O5. The van der Waals surface area contributed by atoms with E-state index in [1.165, 1.54) is 0 Å². The van der Waals surface area contributed by atoms with Crippen LogP contribution >= 0.6 is 11.6 Å². The molecule has 0 N–H and O–H groups in total. The Kier molecular flexibility index (Phi) is 7.98. The van der Waals surface area contributed by atoms with E-state index in [-0.39, 0.29) is 5.78 Å². The zero-order valence-electron chi connectivity index (χ0n) is 13.5. The third-order valence-corrected chi connectivity index (χ3v) is 3.13. The summed E-state index contributed by atoms with van der Waals surface area (Å²) in [5, 5.41) is 0.624. The van der Waals surface area contributed by atoms with Crippen molar-refractivity contribution in [1.82, 2.24) is 0 Å². The van der Waals surface area contributed by atoms with Gasteiger partial charge in [-0.15, -0.1) is 10.2 Å². The first kappa shape index (κ1) is 21.0. The number of hydrogen-bond acceptors (Lipinski definition) is 6. The van der Waals surface area contributed by atoms with Gasteiger partial charge >= 0.3 is 0 Å². The number of carbonyl (C=O) groups is 1. The van der Waals surface area contributed by atoms with Crippen LogP contribution in [0.1, 0.15) is 10.4 Å². The molecule has 0 radical (unpaired) electrons. The molecule has 9 heteroatoms. The van der Waals surface area contributed by atoms with Crippen molar-refractivity contribution in [1.29, 1.82) is 0 Å². The molecule has 2 aromatic rings. The molecule has 1 heterocycles. The molecule has 0 aliphatic heterocycles. The summed E-state index contributed by atoms with van der Waals surface area (Å²) >= 11 is 5.79. The Morgan fingerprint density at radius 1 is 1.04 bits per heavy atom. The quantitative estimate of drug-likeness (QED) is 0.351. The molecule has 0 spiro atoms. The molecule has 0 saturated carbocycles. The standard InChI is InChI=1S/C16H16ClN2O.ClHO4/c1-18(2)15-7-10-19(11-8-15)12-9-16(20)13-3-5-14(17)6-4-13;2-1(3,4)5/h3-12H,1-2H3;(H,2,3,4,5)/q+1;/p-1/b12-9+;. The van der Waals surface area contributed by atoms with Crippen molar-refractivity contribution in [3.05, 3.63) is 65.5 Å². The van der Waals surface area contributed by atoms with Gasteiger partial charge in [0.05, 0.1) is 6.08 Å². The molecule has 2 rings (SSSR count). The molecule has 1 aromatic carbocycles. The Morgan fingerprint density at radius 3 is 1.96 bits per heavy atom. The molecule has 0 saturated heterocycles. The van der Waals surface area contributed by atoms with E-state index in [1.807, 2.05) is 48.1 Å². The van der Waals surface area contributed by atoms with Crippen molar-refractivity contribution >= 4 is 29.3 Å². The van der Waals surface area contributed by atoms with Crippen molar-refractivity contribution in [2.24, 2.45) is 0 Å². The lowest BCUT2D eigenvalue weighted by molar-refractivity contribution is -2.00. The van der Waals surface area contributed by atoms with E-state index >= 15 is 0 Å². The van der Waals surface area contributed by atoms with Gasteiger partial charge in [0.15, 0.2) is 24.4 Å². The van der Waals surface area contributed by atoms with Gasteiger partial charge in [0, 0.05) is 42.5 Å². The molecule has 1 aromatic heterocycles. The van der Waals surface area contributed by atoms with Gasteiger partial charge in [0.2, 0.25) is 0 Å². The summed E-state index contributed by atoms with van der Waals surface area (Å²) in [5.41, 5.74) is 1.73. The maximum absolute atomic E-state index is 12.0. The largest absolute Gasteiger partial charge is 0.377 e. The summed E-state index contributed by atoms with van der Waals surface area (Å²) in [6, 6.07) is 10.8. The number of ketones is 1. The molecule has 0 fully saturated rings. The number of carbonyl (C=O) groups excluding carboxylic acids is 1. The summed E-state index contributed by atoms with van der Waals surface area (Å²) in [4.78, 5) is 14.0. The zero-order chi connectivity index (χ0) is 19.0. The minimum atomic E-state index is -4.94. The van der Waals surface area contributed by atoms with Crippen LogP contribution in [0.15, 0.2) is 54.9 Å². The van der Waals surface area contributed by atoms with Crippen LogP contribution in [0.2, 0.25) is 5.02 Å². The fourth-order valence-corrected chi connectivity index (χ4v) is 1.82. The number of allylic oxidation sites excluding steroid dienone is 1. The van der Waals surface area contributed by atoms with Crippen LogP contribution in [-0.4, -0.2) is 19.9 Å². The fourth-order valence-electron chi connectivity index (χ4n) is 1.69. The van der Waals surface area contributed by atoms with Crippen LogP contribution in [-0.2, 0) is 0 Å². The highest BCUT2D eigenvalue weighted by Crippen LogP contribution is 2.10. The highest BCUT2D eigenvalue weighted by Gasteiger charge is 2.04. The Hall–Kier alpha value is -2.00. The van der Waals surface area contributed by atoms with Gasteiger partial charge in [-0.05, 0) is 24.3 Å². The summed E-state index contributed by atoms with van der Waals surface area (Å²) in [6.07, 6.45) is 7.08. The molecule has 134 valence electrons. The maximum Gasteiger partial charge on any atom is 0.191 e. The molecule has 25 heavy (non-hydrogen) atoms. The second kappa shape index (κ2) is 9.47. The summed E-state index contributed by atoms with van der Waals surface area (Å²) in [6.45, 7) is 0. The van der Waals surface area contributed by atoms with Crippen LogP contribution in [0.4, 0.5) is 5.69 Å². The minimum absolute atomic E-state index is 0.0501. The highest BCUT2D eigenvalue weighted by atomic mass is 35.7. The molecule has 0 atom stereocenters. The number of pyridine rings is 1. The van der Waals surface area contributed by atoms with Gasteiger partial charge in [-0.25, -0.2) is 18.6 Å². The molecule has 0 unspecified atom stereocenters. The number of nitrogens with zero attached hydrogens (tertiary/aromatic N) is 2. The van der Waals surface area contributed by atoms with E-state index in [0.717, 1.165) is 5.69 Å². The first-order chi connectivity index (χ1) is 11.6. The van der Waals surface area contributed by atoms with Crippen molar-refractivity contribution in [2.75, 3.05) is 19.0 Å². The molecular weight excluding hydrogens is 371 g/mol. The predicted octanol–water partition coefficient (Wildman–Crippen LogP) is -1.71. The van der Waals surface area contributed by atoms with E-state index in [0.29, 0.717) is 10.6 Å². The van der Waals surface area contributed by atoms with E-state index < -0.39 is 10.2 Å². The van der Waals surface area contributed by atoms with Crippen LogP contribution in [0.3, 0.4) is 0 Å². The molecule has 0 bridgehead atoms. The lowest BCUT2D eigenvalue weighted by Crippen LogP contribution is -2.68. The smallest absolute Gasteiger partial charge is 0.191 e. The van der Waals surface area contributed by atoms with E-state index in [4.69, 9.17) is 30.2 Å². The van der Waals surface area contributed by atoms with Gasteiger partial charge in [-0.3, -0.25) is 4.79 Å². The number of anilines is 1. The summed E-state index contributed by atoms with van der Waals surface area (Å²) in [5.74, 6) is -0.0501. The topological polar surface area (TPSA) is 116 Å². The number of aromatic nitrogens is 1. The normalized spacial score (nSPS) is 11.0. The summed E-state index contributed by atoms with van der Waals surface area (Å²) in [7, 11) is -0.973. The summed E-state index contributed by atoms with van der Waals surface area (Å²) < 4.78 is 35.8. The molecule has 7 nitrogen and oxygen atoms in total. The first-order valence-corrected chi connectivity index (χ1v) is 8.45. The van der Waals surface area contributed by atoms with Gasteiger partial charge in [-0.1, -0.05) is 11.6 Å². The van der Waals surface area contributed by atoms with Crippen molar-refractivity contribution in [3.8, 4) is 0 Å². The van der Waals surface area contributed by atoms with Crippen LogP contribution in [0.25, 0.3) is 6.20 Å². The van der Waals surface area contributed by atoms with Crippen LogP contribution in [0.5, 0.6) is 0 Å². The third-order valence-electron chi connectivity index (χ3n) is 2.88. The predicted molar refractivity (Wildman–Crippen MR) is 82.1 cm³/mol. The van der Waals surface area contributed by atoms with E-state index in [9.17, 15) is 4.79 Å². The number of rotatable bonds is 4. The van der Waals surface area contributed by atoms with Crippen LogP contribution in [0, 0.1) is 10.2 Å². The van der Waals surface area contributed by atoms with Gasteiger partial charge < -0.3 is 4.90 Å². The zero-order valence-corrected chi connectivity index (χ0v) is 15.0. The Labute approximate surface area is 152 Å². The number of benzene rings is 1. The van der Waals surface area contributed by atoms with Gasteiger partial charge in [0.1, 0.15) is 0 Å². The number of halogens is 2. The van der Waals surface area contributed by atoms with Crippen molar-refractivity contribution in [2.45, 2.75) is 0 Å². The molecule has 0 aliphatic rings. The van der Waals surface area contributed by atoms with Crippen LogP contribution < -0.4 is 28.1 Å². The average Bonchev–Trinajstić information content (AvgIpc) is 2.52. The Morgan fingerprint density at radius 2 is 1.52 bits per heavy atom. The third kappa shape index (κ3) is 9.16. The van der Waals surface area contributed by atoms with Crippen molar-refractivity contribution < 1.29 is 38.2 Å². The Balaban J connectivity index is 0.000000550. The maximum atomic E-state index is 12.0. The lowest BCUT2D eigenvalue weighted by Gasteiger charge is -2.17.